The van der Waals surface area contributed by atoms with Gasteiger partial charge in [-0.25, -0.2) is 4.98 Å². The van der Waals surface area contributed by atoms with Gasteiger partial charge in [-0.15, -0.1) is 30.3 Å². The molecule has 0 amide bonds. The minimum Gasteiger partial charge on any atom is -0.503 e. The van der Waals surface area contributed by atoms with Crippen LogP contribution in [0.1, 0.15) is 50.1 Å². The van der Waals surface area contributed by atoms with Gasteiger partial charge in [0.05, 0.1) is 11.3 Å². The average Bonchev–Trinajstić information content (AvgIpc) is 3.76. The van der Waals surface area contributed by atoms with Gasteiger partial charge in [0.15, 0.2) is 0 Å². The predicted molar refractivity (Wildman–Crippen MR) is 217 cm³/mol. The molecule has 0 N–H and O–H groups in total. The quantitative estimate of drug-likeness (QED) is 0.0979. The maximum absolute atomic E-state index is 6.65. The Hall–Kier alpha value is -5.39. The Morgan fingerprint density at radius 2 is 1.41 bits per heavy atom. The third-order valence-corrected chi connectivity index (χ3v) is 12.1. The summed E-state index contributed by atoms with van der Waals surface area (Å²) in [4.78, 5) is 14.7. The first kappa shape index (κ1) is 34.4. The van der Waals surface area contributed by atoms with Gasteiger partial charge in [0.2, 0.25) is 0 Å². The largest absolute Gasteiger partial charge is 2.00 e. The van der Waals surface area contributed by atoms with Crippen LogP contribution in [0.3, 0.4) is 0 Å². The Bertz CT molecular complexity index is 2760. The van der Waals surface area contributed by atoms with Crippen molar-refractivity contribution in [1.82, 2.24) is 14.4 Å². The molecule has 5 aromatic carbocycles. The van der Waals surface area contributed by atoms with Crippen LogP contribution >= 0.6 is 0 Å². The topological polar surface area (TPSA) is 45.9 Å². The number of imidazole rings is 1. The van der Waals surface area contributed by atoms with Crippen LogP contribution < -0.4 is 19.8 Å². The van der Waals surface area contributed by atoms with Crippen LogP contribution in [0.15, 0.2) is 122 Å². The fourth-order valence-corrected chi connectivity index (χ4v) is 8.78. The summed E-state index contributed by atoms with van der Waals surface area (Å²) in [7, 11) is 0. The molecular formula is C46H38BN5OPt. The van der Waals surface area contributed by atoms with E-state index < -0.39 is 0 Å². The predicted octanol–water partition coefficient (Wildman–Crippen LogP) is 10.3. The standard InChI is InChI=1S/C46H38BN5O.Pt/c1-29-14-10-15-30(2)41(29)47-51(31-16-8-7-9-17-31)39-22-13-25-48-44(39)52(47)32-18-11-19-33(26-32)53-34-23-24-35-36-20-12-21-38-42(36)50-40(46(5,6)45(38,3)4)28-49-43(50)37(35)27-34;/h7-25,28H,1-6H3;/q-2;+2. The number of pyridine rings is 2. The summed E-state index contributed by atoms with van der Waals surface area (Å²) in [5, 5.41) is 3.26. The molecule has 54 heavy (non-hydrogen) atoms. The van der Waals surface area contributed by atoms with Crippen molar-refractivity contribution in [3.05, 3.63) is 156 Å². The van der Waals surface area contributed by atoms with E-state index in [-0.39, 0.29) is 38.9 Å². The van der Waals surface area contributed by atoms with E-state index in [1.165, 1.54) is 38.8 Å². The van der Waals surface area contributed by atoms with Gasteiger partial charge in [-0.1, -0.05) is 116 Å². The molecule has 0 saturated heterocycles. The first-order valence-electron chi connectivity index (χ1n) is 18.3. The Labute approximate surface area is 330 Å². The number of aromatic nitrogens is 3. The fourth-order valence-electron chi connectivity index (χ4n) is 8.78. The molecule has 10 rings (SSSR count). The zero-order valence-electron chi connectivity index (χ0n) is 31.1. The Morgan fingerprint density at radius 1 is 0.667 bits per heavy atom. The van der Waals surface area contributed by atoms with Gasteiger partial charge in [-0.3, -0.25) is 4.98 Å². The Balaban J connectivity index is 0.00000384. The van der Waals surface area contributed by atoms with E-state index in [9.17, 15) is 0 Å². The summed E-state index contributed by atoms with van der Waals surface area (Å²) in [6.07, 6.45) is 3.92. The van der Waals surface area contributed by atoms with E-state index >= 15 is 0 Å². The van der Waals surface area contributed by atoms with Crippen LogP contribution in [0.25, 0.3) is 27.3 Å². The second-order valence-electron chi connectivity index (χ2n) is 15.5. The minimum atomic E-state index is -0.198. The molecule has 0 fully saturated rings. The van der Waals surface area contributed by atoms with Crippen molar-refractivity contribution in [3.8, 4) is 11.5 Å². The molecule has 8 heteroatoms. The zero-order chi connectivity index (χ0) is 36.2. The normalized spacial score (nSPS) is 15.3. The van der Waals surface area contributed by atoms with E-state index in [2.05, 4.69) is 159 Å². The summed E-state index contributed by atoms with van der Waals surface area (Å²) < 4.78 is 9.00. The number of benzene rings is 5. The first-order chi connectivity index (χ1) is 25.6. The average molecular weight is 883 g/mol. The van der Waals surface area contributed by atoms with E-state index in [1.54, 1.807) is 0 Å². The molecule has 8 aromatic rings. The number of rotatable bonds is 5. The van der Waals surface area contributed by atoms with Crippen molar-refractivity contribution in [3.63, 3.8) is 0 Å². The van der Waals surface area contributed by atoms with Crippen LogP contribution in [0.2, 0.25) is 0 Å². The fraction of sp³-hybridized carbons (Fsp3) is 0.174. The number of aryl methyl sites for hydroxylation is 2. The van der Waals surface area contributed by atoms with Gasteiger partial charge >= 0.3 is 28.0 Å². The molecule has 2 aliphatic heterocycles. The zero-order valence-corrected chi connectivity index (χ0v) is 33.4. The van der Waals surface area contributed by atoms with E-state index in [0.29, 0.717) is 11.5 Å². The Kier molecular flexibility index (Phi) is 7.85. The first-order valence-corrected chi connectivity index (χ1v) is 18.3. The van der Waals surface area contributed by atoms with Crippen molar-refractivity contribution < 1.29 is 25.8 Å². The number of para-hydroxylation sites is 2. The van der Waals surface area contributed by atoms with E-state index in [0.717, 1.165) is 39.3 Å². The molecule has 5 heterocycles. The van der Waals surface area contributed by atoms with Crippen molar-refractivity contribution in [2.75, 3.05) is 9.62 Å². The number of fused-ring (bicyclic) bond motifs is 4. The van der Waals surface area contributed by atoms with Crippen molar-refractivity contribution in [2.24, 2.45) is 0 Å². The molecule has 6 nitrogen and oxygen atoms in total. The molecule has 0 spiro atoms. The van der Waals surface area contributed by atoms with Gasteiger partial charge in [0.1, 0.15) is 5.82 Å². The smallest absolute Gasteiger partial charge is 0.503 e. The maximum atomic E-state index is 6.65. The van der Waals surface area contributed by atoms with Crippen LogP contribution in [-0.2, 0) is 31.9 Å². The SMILES string of the molecule is Cc1cccc(C)c1B1N(c2ccccc2)c2cccnc2N1c1[c-]c(Oc2[c-]c3c(cc2)c2cccc4c2n2c(cnc32)C(C)(C)C4(C)C)ccc1.[Pt+2]. The van der Waals surface area contributed by atoms with Crippen LogP contribution in [-0.4, -0.2) is 21.4 Å². The summed E-state index contributed by atoms with van der Waals surface area (Å²) in [5.74, 6) is 2.08. The third-order valence-electron chi connectivity index (χ3n) is 12.1. The summed E-state index contributed by atoms with van der Waals surface area (Å²) >= 11 is 0. The van der Waals surface area contributed by atoms with Crippen molar-refractivity contribution in [1.29, 1.82) is 0 Å². The third kappa shape index (κ3) is 4.77. The molecule has 266 valence electrons. The van der Waals surface area contributed by atoms with Crippen molar-refractivity contribution in [2.45, 2.75) is 52.4 Å². The molecule has 0 atom stereocenters. The molecule has 0 bridgehead atoms. The maximum Gasteiger partial charge on any atom is 2.00 e. The monoisotopic (exact) mass is 882 g/mol. The molecule has 2 aliphatic rings. The van der Waals surface area contributed by atoms with E-state index in [1.807, 2.05) is 30.5 Å². The molecule has 0 aliphatic carbocycles. The number of ether oxygens (including phenoxy) is 1. The van der Waals surface area contributed by atoms with Gasteiger partial charge in [0.25, 0.3) is 0 Å². The van der Waals surface area contributed by atoms with Crippen LogP contribution in [0, 0.1) is 26.0 Å². The van der Waals surface area contributed by atoms with Gasteiger partial charge in [-0.2, -0.15) is 6.07 Å². The molecule has 0 saturated carbocycles. The Morgan fingerprint density at radius 3 is 2.20 bits per heavy atom. The second kappa shape index (κ2) is 12.3. The number of hydrogen-bond acceptors (Lipinski definition) is 5. The van der Waals surface area contributed by atoms with Gasteiger partial charge < -0.3 is 18.8 Å². The molecular weight excluding hydrogens is 844 g/mol. The molecule has 0 radical (unpaired) electrons. The second-order valence-corrected chi connectivity index (χ2v) is 15.5. The van der Waals surface area contributed by atoms with E-state index in [4.69, 9.17) is 14.7 Å². The summed E-state index contributed by atoms with van der Waals surface area (Å²) in [5.41, 5.74) is 11.1. The number of hydrogen-bond donors (Lipinski definition) is 0. The molecule has 0 unspecified atom stereocenters. The summed E-state index contributed by atoms with van der Waals surface area (Å²) in [6, 6.07) is 45.4. The number of anilines is 4. The minimum absolute atomic E-state index is 0. The van der Waals surface area contributed by atoms with Crippen LogP contribution in [0.4, 0.5) is 22.9 Å². The molecule has 3 aromatic heterocycles. The van der Waals surface area contributed by atoms with Gasteiger partial charge in [-0.05, 0) is 54.5 Å². The van der Waals surface area contributed by atoms with Crippen molar-refractivity contribution >= 4 is 62.6 Å². The summed E-state index contributed by atoms with van der Waals surface area (Å²) in [6.45, 7) is 13.5. The number of nitrogens with zero attached hydrogens (tertiary/aromatic N) is 5. The van der Waals surface area contributed by atoms with Crippen LogP contribution in [0.5, 0.6) is 11.5 Å². The van der Waals surface area contributed by atoms with Gasteiger partial charge in [0, 0.05) is 51.6 Å².